The molecule has 6 nitrogen and oxygen atoms in total. The number of rotatable bonds is 3. The minimum Gasteiger partial charge on any atom is -0.338 e. The number of amides is 4. The fraction of sp³-hybridized carbons (Fsp3) is 0.500. The van der Waals surface area contributed by atoms with Crippen LogP contribution in [0.1, 0.15) is 33.1 Å². The van der Waals surface area contributed by atoms with E-state index in [1.54, 1.807) is 24.0 Å². The largest absolute Gasteiger partial charge is 0.338 e. The van der Waals surface area contributed by atoms with Crippen molar-refractivity contribution in [2.24, 2.45) is 0 Å². The highest BCUT2D eigenvalue weighted by Crippen LogP contribution is 2.26. The fourth-order valence-corrected chi connectivity index (χ4v) is 3.49. The summed E-state index contributed by atoms with van der Waals surface area (Å²) in [6.45, 7) is 4.24. The van der Waals surface area contributed by atoms with E-state index in [0.29, 0.717) is 12.2 Å². The Morgan fingerprint density at radius 3 is 2.50 bits per heavy atom. The highest BCUT2D eigenvalue weighted by Gasteiger charge is 2.44. The van der Waals surface area contributed by atoms with E-state index in [0.717, 1.165) is 24.2 Å². The van der Waals surface area contributed by atoms with Crippen LogP contribution in [0.15, 0.2) is 30.3 Å². The lowest BCUT2D eigenvalue weighted by Gasteiger charge is -2.34. The zero-order chi connectivity index (χ0) is 17.3. The number of para-hydroxylation sites is 1. The molecule has 2 heterocycles. The van der Waals surface area contributed by atoms with E-state index in [9.17, 15) is 14.4 Å². The Labute approximate surface area is 142 Å². The third-order valence-corrected chi connectivity index (χ3v) is 4.90. The van der Waals surface area contributed by atoms with Gasteiger partial charge < -0.3 is 4.90 Å². The first-order valence-corrected chi connectivity index (χ1v) is 8.50. The maximum atomic E-state index is 12.7. The van der Waals surface area contributed by atoms with Crippen LogP contribution in [0.25, 0.3) is 0 Å². The first-order chi connectivity index (χ1) is 11.5. The number of anilines is 1. The molecule has 0 unspecified atom stereocenters. The van der Waals surface area contributed by atoms with E-state index in [1.807, 2.05) is 25.1 Å². The predicted octanol–water partition coefficient (Wildman–Crippen LogP) is 2.24. The summed E-state index contributed by atoms with van der Waals surface area (Å²) in [5, 5.41) is 0. The monoisotopic (exact) mass is 329 g/mol. The summed E-state index contributed by atoms with van der Waals surface area (Å²) in [5.74, 6) is -0.465. The molecule has 24 heavy (non-hydrogen) atoms. The van der Waals surface area contributed by atoms with Gasteiger partial charge in [0.1, 0.15) is 12.6 Å². The average molecular weight is 329 g/mol. The van der Waals surface area contributed by atoms with Gasteiger partial charge >= 0.3 is 6.03 Å². The van der Waals surface area contributed by atoms with Crippen molar-refractivity contribution in [1.29, 1.82) is 0 Å². The molecule has 128 valence electrons. The van der Waals surface area contributed by atoms with E-state index in [1.165, 1.54) is 4.90 Å². The Kier molecular flexibility index (Phi) is 4.55. The van der Waals surface area contributed by atoms with Gasteiger partial charge in [-0.25, -0.2) is 4.79 Å². The summed E-state index contributed by atoms with van der Waals surface area (Å²) >= 11 is 0. The van der Waals surface area contributed by atoms with Crippen LogP contribution in [0.3, 0.4) is 0 Å². The lowest BCUT2D eigenvalue weighted by molar-refractivity contribution is -0.139. The molecular formula is C18H23N3O3. The van der Waals surface area contributed by atoms with Gasteiger partial charge in [-0.3, -0.25) is 19.4 Å². The summed E-state index contributed by atoms with van der Waals surface area (Å²) in [5.41, 5.74) is 0.671. The maximum Gasteiger partial charge on any atom is 0.332 e. The third-order valence-electron chi connectivity index (χ3n) is 4.90. The summed E-state index contributed by atoms with van der Waals surface area (Å²) < 4.78 is 0. The van der Waals surface area contributed by atoms with Gasteiger partial charge in [0.2, 0.25) is 5.91 Å². The average Bonchev–Trinajstić information content (AvgIpc) is 2.79. The number of carbonyl (C=O) groups excluding carboxylic acids is 3. The smallest absolute Gasteiger partial charge is 0.332 e. The van der Waals surface area contributed by atoms with Gasteiger partial charge in [0.15, 0.2) is 0 Å². The second-order valence-corrected chi connectivity index (χ2v) is 6.52. The fourth-order valence-electron chi connectivity index (χ4n) is 3.49. The molecule has 1 aromatic carbocycles. The molecule has 1 aromatic rings. The van der Waals surface area contributed by atoms with E-state index in [-0.39, 0.29) is 24.4 Å². The molecule has 0 radical (unpaired) electrons. The molecule has 6 heteroatoms. The minimum absolute atomic E-state index is 0.147. The van der Waals surface area contributed by atoms with Crippen molar-refractivity contribution in [2.75, 3.05) is 18.0 Å². The second-order valence-electron chi connectivity index (χ2n) is 6.52. The molecule has 4 amide bonds. The van der Waals surface area contributed by atoms with Crippen LogP contribution in [-0.4, -0.2) is 52.8 Å². The normalized spacial score (nSPS) is 24.7. The first-order valence-electron chi connectivity index (χ1n) is 8.50. The number of likely N-dealkylation sites (tertiary alicyclic amines) is 1. The van der Waals surface area contributed by atoms with Crippen LogP contribution in [0, 0.1) is 0 Å². The SMILES string of the molecule is C[C@H]1CCCCN1C(=O)CN1C(=O)[C@H](C)N(c2ccccc2)C1=O. The third kappa shape index (κ3) is 2.88. The standard InChI is InChI=1S/C18H23N3O3/c1-13-8-6-7-11-19(13)16(22)12-20-17(23)14(2)21(18(20)24)15-9-4-3-5-10-15/h3-5,9-10,13-14H,6-8,11-12H2,1-2H3/t13-,14-/m0/s1. The highest BCUT2D eigenvalue weighted by atomic mass is 16.2. The van der Waals surface area contributed by atoms with E-state index in [2.05, 4.69) is 0 Å². The number of carbonyl (C=O) groups is 3. The van der Waals surface area contributed by atoms with E-state index in [4.69, 9.17) is 0 Å². The summed E-state index contributed by atoms with van der Waals surface area (Å²) in [4.78, 5) is 42.1. The molecule has 0 spiro atoms. The van der Waals surface area contributed by atoms with Gasteiger partial charge in [-0.2, -0.15) is 0 Å². The van der Waals surface area contributed by atoms with Gasteiger partial charge in [0, 0.05) is 18.3 Å². The van der Waals surface area contributed by atoms with Crippen molar-refractivity contribution in [1.82, 2.24) is 9.80 Å². The number of piperidine rings is 1. The quantitative estimate of drug-likeness (QED) is 0.799. The molecule has 0 N–H and O–H groups in total. The molecular weight excluding hydrogens is 306 g/mol. The van der Waals surface area contributed by atoms with Crippen LogP contribution < -0.4 is 4.90 Å². The number of nitrogens with zero attached hydrogens (tertiary/aromatic N) is 3. The van der Waals surface area contributed by atoms with Gasteiger partial charge in [0.05, 0.1) is 0 Å². The highest BCUT2D eigenvalue weighted by molar-refractivity contribution is 6.15. The number of hydrogen-bond donors (Lipinski definition) is 0. The lowest BCUT2D eigenvalue weighted by atomic mass is 10.0. The molecule has 3 rings (SSSR count). The number of imide groups is 1. The molecule has 2 aliphatic heterocycles. The van der Waals surface area contributed by atoms with Crippen LogP contribution in [-0.2, 0) is 9.59 Å². The molecule has 0 saturated carbocycles. The van der Waals surface area contributed by atoms with E-state index >= 15 is 0 Å². The van der Waals surface area contributed by atoms with Crippen LogP contribution in [0.2, 0.25) is 0 Å². The van der Waals surface area contributed by atoms with Crippen molar-refractivity contribution in [3.8, 4) is 0 Å². The van der Waals surface area contributed by atoms with Gasteiger partial charge in [-0.1, -0.05) is 18.2 Å². The van der Waals surface area contributed by atoms with Crippen molar-refractivity contribution < 1.29 is 14.4 Å². The Balaban J connectivity index is 1.75. The minimum atomic E-state index is -0.591. The Morgan fingerprint density at radius 2 is 1.83 bits per heavy atom. The molecule has 2 fully saturated rings. The maximum absolute atomic E-state index is 12.7. The summed E-state index contributed by atoms with van der Waals surface area (Å²) in [7, 11) is 0. The molecule has 2 saturated heterocycles. The second kappa shape index (κ2) is 6.63. The number of benzene rings is 1. The van der Waals surface area contributed by atoms with Gasteiger partial charge in [0.25, 0.3) is 5.91 Å². The number of hydrogen-bond acceptors (Lipinski definition) is 3. The van der Waals surface area contributed by atoms with Crippen molar-refractivity contribution in [3.05, 3.63) is 30.3 Å². The van der Waals surface area contributed by atoms with Crippen molar-refractivity contribution in [3.63, 3.8) is 0 Å². The van der Waals surface area contributed by atoms with Gasteiger partial charge in [-0.15, -0.1) is 0 Å². The zero-order valence-corrected chi connectivity index (χ0v) is 14.1. The molecule has 2 atom stereocenters. The molecule has 0 bridgehead atoms. The zero-order valence-electron chi connectivity index (χ0n) is 14.1. The van der Waals surface area contributed by atoms with Crippen molar-refractivity contribution in [2.45, 2.75) is 45.2 Å². The van der Waals surface area contributed by atoms with Crippen LogP contribution in [0.5, 0.6) is 0 Å². The Hall–Kier alpha value is -2.37. The van der Waals surface area contributed by atoms with Crippen LogP contribution >= 0.6 is 0 Å². The van der Waals surface area contributed by atoms with Crippen molar-refractivity contribution >= 4 is 23.5 Å². The van der Waals surface area contributed by atoms with Gasteiger partial charge in [-0.05, 0) is 45.2 Å². The Bertz CT molecular complexity index is 646. The topological polar surface area (TPSA) is 60.9 Å². The predicted molar refractivity (Wildman–Crippen MR) is 90.5 cm³/mol. The summed E-state index contributed by atoms with van der Waals surface area (Å²) in [6.07, 6.45) is 3.07. The van der Waals surface area contributed by atoms with Crippen LogP contribution in [0.4, 0.5) is 10.5 Å². The number of urea groups is 1. The molecule has 2 aliphatic rings. The molecule has 0 aliphatic carbocycles. The van der Waals surface area contributed by atoms with E-state index < -0.39 is 12.1 Å². The summed E-state index contributed by atoms with van der Waals surface area (Å²) in [6, 6.07) is 8.24. The molecule has 0 aromatic heterocycles. The Morgan fingerprint density at radius 1 is 1.12 bits per heavy atom. The lowest BCUT2D eigenvalue weighted by Crippen LogP contribution is -2.48. The first kappa shape index (κ1) is 16.5.